The Balaban J connectivity index is 1.49. The molecule has 1 heterocycles. The fourth-order valence-corrected chi connectivity index (χ4v) is 4.51. The first kappa shape index (κ1) is 24.2. The third kappa shape index (κ3) is 6.12. The van der Waals surface area contributed by atoms with Gasteiger partial charge < -0.3 is 19.8 Å². The predicted octanol–water partition coefficient (Wildman–Crippen LogP) is 6.49. The van der Waals surface area contributed by atoms with E-state index in [1.54, 1.807) is 14.2 Å². The van der Waals surface area contributed by atoms with Crippen molar-refractivity contribution in [2.75, 3.05) is 25.3 Å². The number of carbonyl (C=O) groups excluding carboxylic acids is 1. The molecule has 3 aromatic carbocycles. The number of amides is 1. The van der Waals surface area contributed by atoms with E-state index in [-0.39, 0.29) is 5.91 Å². The highest BCUT2D eigenvalue weighted by Crippen LogP contribution is 2.34. The van der Waals surface area contributed by atoms with Crippen LogP contribution in [-0.2, 0) is 4.79 Å². The second-order valence-electron chi connectivity index (χ2n) is 7.38. The maximum atomic E-state index is 12.3. The Morgan fingerprint density at radius 3 is 2.09 bits per heavy atom. The number of nitrogens with zero attached hydrogens (tertiary/aromatic N) is 1. The van der Waals surface area contributed by atoms with Crippen molar-refractivity contribution in [3.05, 3.63) is 76.4 Å². The number of anilines is 1. The molecule has 0 radical (unpaired) electrons. The van der Waals surface area contributed by atoms with E-state index >= 15 is 0 Å². The number of methoxy groups -OCH3 is 2. The van der Waals surface area contributed by atoms with Crippen LogP contribution < -0.4 is 14.8 Å². The van der Waals surface area contributed by atoms with Crippen molar-refractivity contribution in [3.63, 3.8) is 0 Å². The molecule has 0 saturated carbocycles. The minimum absolute atomic E-state index is 0.0222. The van der Waals surface area contributed by atoms with Crippen LogP contribution in [0.2, 0.25) is 0 Å². The van der Waals surface area contributed by atoms with Crippen molar-refractivity contribution >= 4 is 45.9 Å². The Hall–Kier alpha value is -2.98. The molecule has 174 valence electrons. The number of benzene rings is 3. The van der Waals surface area contributed by atoms with Crippen LogP contribution >= 0.6 is 34.4 Å². The first-order valence-electron chi connectivity index (χ1n) is 10.6. The smallest absolute Gasteiger partial charge is 0.225 e. The molecule has 6 nitrogen and oxygen atoms in total. The molecule has 1 amide bonds. The highest BCUT2D eigenvalue weighted by molar-refractivity contribution is 14.1. The number of ether oxygens (including phenoxy) is 2. The number of aromatic nitrogens is 2. The zero-order chi connectivity index (χ0) is 23.9. The van der Waals surface area contributed by atoms with E-state index in [1.807, 2.05) is 72.8 Å². The summed E-state index contributed by atoms with van der Waals surface area (Å²) in [6.07, 6.45) is 0.382. The molecule has 0 saturated heterocycles. The molecular weight excluding hydrogens is 561 g/mol. The van der Waals surface area contributed by atoms with Gasteiger partial charge >= 0.3 is 0 Å². The molecule has 0 unspecified atom stereocenters. The molecule has 34 heavy (non-hydrogen) atoms. The third-order valence-electron chi connectivity index (χ3n) is 5.12. The van der Waals surface area contributed by atoms with Gasteiger partial charge in [-0.1, -0.05) is 11.8 Å². The number of halogens is 1. The molecule has 4 aromatic rings. The number of nitrogens with one attached hydrogen (secondary N) is 2. The maximum Gasteiger partial charge on any atom is 0.225 e. The minimum atomic E-state index is -0.0222. The van der Waals surface area contributed by atoms with Crippen LogP contribution in [0.1, 0.15) is 6.42 Å². The molecule has 0 aliphatic carbocycles. The Kier molecular flexibility index (Phi) is 8.12. The quantitative estimate of drug-likeness (QED) is 0.174. The second-order valence-corrected chi connectivity index (χ2v) is 9.71. The van der Waals surface area contributed by atoms with E-state index in [1.165, 1.54) is 11.8 Å². The molecule has 0 aliphatic heterocycles. The van der Waals surface area contributed by atoms with Gasteiger partial charge in [0.15, 0.2) is 5.16 Å². The third-order valence-corrected chi connectivity index (χ3v) is 6.71. The molecule has 4 rings (SSSR count). The largest absolute Gasteiger partial charge is 0.497 e. The van der Waals surface area contributed by atoms with Crippen molar-refractivity contribution in [3.8, 4) is 34.0 Å². The summed E-state index contributed by atoms with van der Waals surface area (Å²) >= 11 is 3.76. The highest BCUT2D eigenvalue weighted by Gasteiger charge is 2.15. The van der Waals surface area contributed by atoms with Crippen LogP contribution in [-0.4, -0.2) is 35.8 Å². The number of aromatic amines is 1. The van der Waals surface area contributed by atoms with Gasteiger partial charge in [0.1, 0.15) is 11.5 Å². The summed E-state index contributed by atoms with van der Waals surface area (Å²) in [5, 5.41) is 3.70. The number of H-pyrrole nitrogens is 1. The fraction of sp³-hybridized carbons (Fsp3) is 0.154. The molecule has 8 heteroatoms. The van der Waals surface area contributed by atoms with Gasteiger partial charge in [0.05, 0.1) is 25.6 Å². The summed E-state index contributed by atoms with van der Waals surface area (Å²) in [5.74, 6) is 2.17. The Morgan fingerprint density at radius 2 is 1.50 bits per heavy atom. The lowest BCUT2D eigenvalue weighted by atomic mass is 10.0. The van der Waals surface area contributed by atoms with Crippen molar-refractivity contribution in [1.29, 1.82) is 0 Å². The lowest BCUT2D eigenvalue weighted by Gasteiger charge is -2.06. The molecule has 0 spiro atoms. The molecular formula is C26H24IN3O3S. The van der Waals surface area contributed by atoms with Crippen LogP contribution in [0.5, 0.6) is 11.5 Å². The lowest BCUT2D eigenvalue weighted by molar-refractivity contribution is -0.115. The van der Waals surface area contributed by atoms with Crippen molar-refractivity contribution in [2.24, 2.45) is 0 Å². The van der Waals surface area contributed by atoms with Gasteiger partial charge in [-0.05, 0) is 95.4 Å². The van der Waals surface area contributed by atoms with Crippen molar-refractivity contribution in [2.45, 2.75) is 11.6 Å². The van der Waals surface area contributed by atoms with Crippen molar-refractivity contribution < 1.29 is 14.3 Å². The fourth-order valence-electron chi connectivity index (χ4n) is 3.34. The molecule has 0 aliphatic rings. The summed E-state index contributed by atoms with van der Waals surface area (Å²) < 4.78 is 11.7. The monoisotopic (exact) mass is 585 g/mol. The van der Waals surface area contributed by atoms with Crippen LogP contribution in [0.15, 0.2) is 78.0 Å². The van der Waals surface area contributed by atoms with Gasteiger partial charge in [-0.15, -0.1) is 0 Å². The van der Waals surface area contributed by atoms with Gasteiger partial charge in [0.2, 0.25) is 5.91 Å². The standard InChI is InChI=1S/C26H24IN3O3S/c1-32-21-11-3-17(4-12-21)24-25(18-5-13-22(33-2)14-6-18)30-26(29-24)34-16-15-23(31)28-20-9-7-19(27)8-10-20/h3-14H,15-16H2,1-2H3,(H,28,31)(H,29,30). The van der Waals surface area contributed by atoms with Crippen LogP contribution in [0.4, 0.5) is 5.69 Å². The van der Waals surface area contributed by atoms with E-state index in [0.717, 1.165) is 48.4 Å². The minimum Gasteiger partial charge on any atom is -0.497 e. The molecule has 2 N–H and O–H groups in total. The number of hydrogen-bond donors (Lipinski definition) is 2. The van der Waals surface area contributed by atoms with Gasteiger partial charge in [0.25, 0.3) is 0 Å². The van der Waals surface area contributed by atoms with Crippen LogP contribution in [0.25, 0.3) is 22.5 Å². The second kappa shape index (κ2) is 11.4. The van der Waals surface area contributed by atoms with Gasteiger partial charge in [-0.3, -0.25) is 4.79 Å². The van der Waals surface area contributed by atoms with Gasteiger partial charge in [-0.2, -0.15) is 0 Å². The summed E-state index contributed by atoms with van der Waals surface area (Å²) in [6, 6.07) is 23.4. The zero-order valence-electron chi connectivity index (χ0n) is 18.8. The lowest BCUT2D eigenvalue weighted by Crippen LogP contribution is -2.12. The van der Waals surface area contributed by atoms with E-state index in [4.69, 9.17) is 14.5 Å². The maximum absolute atomic E-state index is 12.3. The number of imidazole rings is 1. The van der Waals surface area contributed by atoms with E-state index in [9.17, 15) is 4.79 Å². The number of rotatable bonds is 9. The Morgan fingerprint density at radius 1 is 0.912 bits per heavy atom. The normalized spacial score (nSPS) is 10.7. The summed E-state index contributed by atoms with van der Waals surface area (Å²) in [4.78, 5) is 20.6. The van der Waals surface area contributed by atoms with Crippen molar-refractivity contribution in [1.82, 2.24) is 9.97 Å². The average molecular weight is 585 g/mol. The summed E-state index contributed by atoms with van der Waals surface area (Å²) in [5.41, 5.74) is 4.54. The number of carbonyl (C=O) groups is 1. The zero-order valence-corrected chi connectivity index (χ0v) is 21.8. The van der Waals surface area contributed by atoms with Crippen LogP contribution in [0, 0.1) is 3.57 Å². The SMILES string of the molecule is COc1ccc(-c2nc(SCCC(=O)Nc3ccc(I)cc3)[nH]c2-c2ccc(OC)cc2)cc1. The van der Waals surface area contributed by atoms with E-state index in [2.05, 4.69) is 32.9 Å². The van der Waals surface area contributed by atoms with Gasteiger partial charge in [0, 0.05) is 32.6 Å². The summed E-state index contributed by atoms with van der Waals surface area (Å²) in [7, 11) is 3.30. The van der Waals surface area contributed by atoms with Crippen LogP contribution in [0.3, 0.4) is 0 Å². The molecule has 0 fully saturated rings. The predicted molar refractivity (Wildman–Crippen MR) is 146 cm³/mol. The summed E-state index contributed by atoms with van der Waals surface area (Å²) in [6.45, 7) is 0. The topological polar surface area (TPSA) is 76.2 Å². The first-order valence-corrected chi connectivity index (χ1v) is 12.7. The highest BCUT2D eigenvalue weighted by atomic mass is 127. The average Bonchev–Trinajstić information content (AvgIpc) is 3.29. The Bertz CT molecular complexity index is 1180. The molecule has 0 bridgehead atoms. The van der Waals surface area contributed by atoms with E-state index < -0.39 is 0 Å². The molecule has 1 aromatic heterocycles. The molecule has 0 atom stereocenters. The van der Waals surface area contributed by atoms with Gasteiger partial charge in [-0.25, -0.2) is 4.98 Å². The first-order chi connectivity index (χ1) is 16.6. The Labute approximate surface area is 216 Å². The number of thioether (sulfide) groups is 1. The number of hydrogen-bond acceptors (Lipinski definition) is 5. The van der Waals surface area contributed by atoms with E-state index in [0.29, 0.717) is 12.2 Å².